The van der Waals surface area contributed by atoms with Gasteiger partial charge >= 0.3 is 0 Å². The van der Waals surface area contributed by atoms with E-state index in [1.807, 2.05) is 30.3 Å². The molecule has 138 valence electrons. The maximum Gasteiger partial charge on any atom is 0.269 e. The summed E-state index contributed by atoms with van der Waals surface area (Å²) in [7, 11) is 0. The topological polar surface area (TPSA) is 123 Å². The average molecular weight is 385 g/mol. The lowest BCUT2D eigenvalue weighted by Crippen LogP contribution is -2.14. The van der Waals surface area contributed by atoms with E-state index in [0.717, 1.165) is 5.75 Å². The third-order valence-corrected chi connectivity index (χ3v) is 4.17. The highest BCUT2D eigenvalue weighted by Gasteiger charge is 2.10. The zero-order valence-electron chi connectivity index (χ0n) is 14.0. The van der Waals surface area contributed by atoms with Gasteiger partial charge in [0.05, 0.1) is 10.7 Å². The van der Waals surface area contributed by atoms with E-state index in [0.29, 0.717) is 16.7 Å². The Bertz CT molecular complexity index is 915. The van der Waals surface area contributed by atoms with Gasteiger partial charge in [-0.2, -0.15) is 0 Å². The van der Waals surface area contributed by atoms with Gasteiger partial charge in [0, 0.05) is 17.8 Å². The van der Waals surface area contributed by atoms with Gasteiger partial charge in [-0.1, -0.05) is 30.0 Å². The molecule has 0 saturated heterocycles. The Labute approximate surface area is 158 Å². The van der Waals surface area contributed by atoms with E-state index in [-0.39, 0.29) is 24.0 Å². The minimum absolute atomic E-state index is 0.0339. The molecule has 3 rings (SSSR count). The first-order chi connectivity index (χ1) is 13.1. The number of H-pyrrole nitrogens is 1. The lowest BCUT2D eigenvalue weighted by molar-refractivity contribution is -0.384. The number of nitrogens with zero attached hydrogens (tertiary/aromatic N) is 3. The molecule has 0 fully saturated rings. The number of aromatic amines is 1. The number of ether oxygens (including phenoxy) is 1. The molecule has 1 amide bonds. The van der Waals surface area contributed by atoms with Gasteiger partial charge in [-0.25, -0.2) is 4.98 Å². The second kappa shape index (κ2) is 8.81. The Balaban J connectivity index is 1.45. The first kappa shape index (κ1) is 18.4. The highest BCUT2D eigenvalue weighted by atomic mass is 32.2. The minimum Gasteiger partial charge on any atom is -0.486 e. The summed E-state index contributed by atoms with van der Waals surface area (Å²) in [5.41, 5.74) is 0.450. The van der Waals surface area contributed by atoms with E-state index in [9.17, 15) is 14.9 Å². The number of anilines is 1. The molecule has 0 bridgehead atoms. The van der Waals surface area contributed by atoms with Crippen molar-refractivity contribution in [3.63, 3.8) is 0 Å². The first-order valence-corrected chi connectivity index (χ1v) is 8.85. The van der Waals surface area contributed by atoms with Crippen molar-refractivity contribution >= 4 is 29.0 Å². The molecule has 0 spiro atoms. The molecule has 10 heteroatoms. The van der Waals surface area contributed by atoms with Gasteiger partial charge in [-0.05, 0) is 24.3 Å². The number of nitro benzene ring substituents is 1. The summed E-state index contributed by atoms with van der Waals surface area (Å²) in [6, 6.07) is 15.0. The number of carbonyl (C=O) groups excluding carboxylic acids is 1. The standard InChI is InChI=1S/C17H15N5O4S/c23-16(18-12-6-8-13(9-7-12)22(24)25)11-27-17-19-15(20-21-17)10-26-14-4-2-1-3-5-14/h1-9H,10-11H2,(H,18,23)(H,19,20,21). The van der Waals surface area contributed by atoms with Crippen LogP contribution in [0.4, 0.5) is 11.4 Å². The maximum atomic E-state index is 12.0. The number of rotatable bonds is 8. The lowest BCUT2D eigenvalue weighted by atomic mass is 10.3. The van der Waals surface area contributed by atoms with Crippen molar-refractivity contribution in [1.82, 2.24) is 15.2 Å². The number of thioether (sulfide) groups is 1. The lowest BCUT2D eigenvalue weighted by Gasteiger charge is -2.03. The van der Waals surface area contributed by atoms with Crippen LogP contribution in [-0.2, 0) is 11.4 Å². The number of nitro groups is 1. The molecule has 1 aromatic heterocycles. The van der Waals surface area contributed by atoms with Crippen molar-refractivity contribution < 1.29 is 14.5 Å². The molecule has 3 aromatic rings. The second-order valence-corrected chi connectivity index (χ2v) is 6.25. The van der Waals surface area contributed by atoms with Crippen LogP contribution >= 0.6 is 11.8 Å². The summed E-state index contributed by atoms with van der Waals surface area (Å²) >= 11 is 1.17. The smallest absolute Gasteiger partial charge is 0.269 e. The fraction of sp³-hybridized carbons (Fsp3) is 0.118. The molecule has 0 aliphatic heterocycles. The number of nitrogens with one attached hydrogen (secondary N) is 2. The van der Waals surface area contributed by atoms with Crippen LogP contribution in [0.5, 0.6) is 5.75 Å². The average Bonchev–Trinajstić information content (AvgIpc) is 3.14. The molecule has 0 unspecified atom stereocenters. The number of para-hydroxylation sites is 1. The Morgan fingerprint density at radius 2 is 1.93 bits per heavy atom. The van der Waals surface area contributed by atoms with E-state index in [2.05, 4.69) is 20.5 Å². The maximum absolute atomic E-state index is 12.0. The quantitative estimate of drug-likeness (QED) is 0.347. The number of hydrogen-bond donors (Lipinski definition) is 2. The van der Waals surface area contributed by atoms with E-state index in [1.165, 1.54) is 36.0 Å². The van der Waals surface area contributed by atoms with Crippen molar-refractivity contribution in [2.45, 2.75) is 11.8 Å². The summed E-state index contributed by atoms with van der Waals surface area (Å²) < 4.78 is 5.57. The number of non-ortho nitro benzene ring substituents is 1. The van der Waals surface area contributed by atoms with Crippen molar-refractivity contribution in [2.75, 3.05) is 11.1 Å². The van der Waals surface area contributed by atoms with Crippen molar-refractivity contribution in [2.24, 2.45) is 0 Å². The number of benzene rings is 2. The van der Waals surface area contributed by atoms with E-state index < -0.39 is 4.92 Å². The second-order valence-electron chi connectivity index (χ2n) is 5.31. The molecule has 27 heavy (non-hydrogen) atoms. The van der Waals surface area contributed by atoms with Gasteiger partial charge < -0.3 is 10.1 Å². The SMILES string of the molecule is O=C(CSc1n[nH]c(COc2ccccc2)n1)Nc1ccc([N+](=O)[O-])cc1. The van der Waals surface area contributed by atoms with E-state index in [1.54, 1.807) is 0 Å². The van der Waals surface area contributed by atoms with E-state index >= 15 is 0 Å². The van der Waals surface area contributed by atoms with Crippen molar-refractivity contribution in [1.29, 1.82) is 0 Å². The summed E-state index contributed by atoms with van der Waals surface area (Å²) in [6.45, 7) is 0.243. The Morgan fingerprint density at radius 3 is 2.63 bits per heavy atom. The largest absolute Gasteiger partial charge is 0.486 e. The fourth-order valence-corrected chi connectivity index (χ4v) is 2.69. The zero-order chi connectivity index (χ0) is 19.1. The predicted octanol–water partition coefficient (Wildman–Crippen LogP) is 3.02. The molecule has 0 radical (unpaired) electrons. The number of amides is 1. The van der Waals surface area contributed by atoms with Gasteiger partial charge in [0.25, 0.3) is 5.69 Å². The molecule has 1 heterocycles. The molecule has 0 atom stereocenters. The third kappa shape index (κ3) is 5.54. The fourth-order valence-electron chi connectivity index (χ4n) is 2.07. The summed E-state index contributed by atoms with van der Waals surface area (Å²) in [5, 5.41) is 20.5. The highest BCUT2D eigenvalue weighted by molar-refractivity contribution is 7.99. The first-order valence-electron chi connectivity index (χ1n) is 7.86. The third-order valence-electron chi connectivity index (χ3n) is 3.32. The van der Waals surface area contributed by atoms with Gasteiger partial charge in [0.2, 0.25) is 11.1 Å². The van der Waals surface area contributed by atoms with Gasteiger partial charge in [0.1, 0.15) is 12.4 Å². The van der Waals surface area contributed by atoms with Crippen LogP contribution in [0, 0.1) is 10.1 Å². The summed E-state index contributed by atoms with van der Waals surface area (Å²) in [4.78, 5) is 26.3. The van der Waals surface area contributed by atoms with Crippen LogP contribution in [-0.4, -0.2) is 31.8 Å². The van der Waals surface area contributed by atoms with Crippen LogP contribution in [0.2, 0.25) is 0 Å². The summed E-state index contributed by atoms with van der Waals surface area (Å²) in [6.07, 6.45) is 0. The molecule has 2 N–H and O–H groups in total. The molecule has 0 aliphatic rings. The molecule has 2 aromatic carbocycles. The number of hydrogen-bond acceptors (Lipinski definition) is 7. The zero-order valence-corrected chi connectivity index (χ0v) is 14.8. The molecule has 0 saturated carbocycles. The van der Waals surface area contributed by atoms with Crippen LogP contribution in [0.25, 0.3) is 0 Å². The van der Waals surface area contributed by atoms with Crippen molar-refractivity contribution in [3.8, 4) is 5.75 Å². The van der Waals surface area contributed by atoms with Crippen LogP contribution in [0.3, 0.4) is 0 Å². The number of carbonyl (C=O) groups is 1. The Kier molecular flexibility index (Phi) is 6.00. The summed E-state index contributed by atoms with van der Waals surface area (Å²) in [5.74, 6) is 1.12. The van der Waals surface area contributed by atoms with Crippen LogP contribution in [0.15, 0.2) is 59.8 Å². The van der Waals surface area contributed by atoms with E-state index in [4.69, 9.17) is 4.74 Å². The number of aromatic nitrogens is 3. The normalized spacial score (nSPS) is 10.4. The van der Waals surface area contributed by atoms with Gasteiger partial charge in [-0.3, -0.25) is 20.0 Å². The molecular formula is C17H15N5O4S. The monoisotopic (exact) mass is 385 g/mol. The molecule has 0 aliphatic carbocycles. The predicted molar refractivity (Wildman–Crippen MR) is 99.6 cm³/mol. The molecule has 9 nitrogen and oxygen atoms in total. The Morgan fingerprint density at radius 1 is 1.19 bits per heavy atom. The van der Waals surface area contributed by atoms with Crippen LogP contribution in [0.1, 0.15) is 5.82 Å². The van der Waals surface area contributed by atoms with Crippen molar-refractivity contribution in [3.05, 3.63) is 70.5 Å². The minimum atomic E-state index is -0.496. The van der Waals surface area contributed by atoms with Gasteiger partial charge in [0.15, 0.2) is 5.82 Å². The highest BCUT2D eigenvalue weighted by Crippen LogP contribution is 2.17. The Hall–Kier alpha value is -3.40. The van der Waals surface area contributed by atoms with Crippen LogP contribution < -0.4 is 10.1 Å². The molecular weight excluding hydrogens is 370 g/mol. The van der Waals surface area contributed by atoms with Gasteiger partial charge in [-0.15, -0.1) is 5.10 Å².